The van der Waals surface area contributed by atoms with Gasteiger partial charge in [0, 0.05) is 16.9 Å². The van der Waals surface area contributed by atoms with Crippen LogP contribution in [0.2, 0.25) is 0 Å². The van der Waals surface area contributed by atoms with Gasteiger partial charge in [0.25, 0.3) is 0 Å². The third-order valence-corrected chi connectivity index (χ3v) is 3.95. The van der Waals surface area contributed by atoms with E-state index in [1.165, 1.54) is 0 Å². The van der Waals surface area contributed by atoms with Crippen LogP contribution in [-0.4, -0.2) is 9.97 Å². The van der Waals surface area contributed by atoms with Gasteiger partial charge in [0.05, 0.1) is 11.9 Å². The van der Waals surface area contributed by atoms with E-state index >= 15 is 0 Å². The predicted molar refractivity (Wildman–Crippen MR) is 88.8 cm³/mol. The van der Waals surface area contributed by atoms with E-state index in [0.29, 0.717) is 6.42 Å². The van der Waals surface area contributed by atoms with Crippen molar-refractivity contribution in [3.63, 3.8) is 0 Å². The quantitative estimate of drug-likeness (QED) is 0.751. The van der Waals surface area contributed by atoms with Gasteiger partial charge in [-0.1, -0.05) is 58.4 Å². The van der Waals surface area contributed by atoms with Gasteiger partial charge in [0.2, 0.25) is 0 Å². The molecule has 106 valence electrons. The van der Waals surface area contributed by atoms with E-state index in [1.807, 2.05) is 48.7 Å². The first-order chi connectivity index (χ1) is 10.2. The first kappa shape index (κ1) is 14.0. The van der Waals surface area contributed by atoms with E-state index in [4.69, 9.17) is 5.73 Å². The number of hydrogen-bond donors (Lipinski definition) is 2. The average Bonchev–Trinajstić information content (AvgIpc) is 2.97. The van der Waals surface area contributed by atoms with E-state index in [9.17, 15) is 0 Å². The standard InChI is InChI=1S/C17H16BrN3/c18-14-8-6-13(7-9-14)16-11-20-17(21-16)10-15(19)12-4-2-1-3-5-12/h1-9,11,15H,10,19H2,(H,20,21). The Morgan fingerprint density at radius 1 is 1.05 bits per heavy atom. The summed E-state index contributed by atoms with van der Waals surface area (Å²) in [7, 11) is 0. The van der Waals surface area contributed by atoms with Crippen LogP contribution in [0.3, 0.4) is 0 Å². The predicted octanol–water partition coefficient (Wildman–Crippen LogP) is 4.08. The normalized spacial score (nSPS) is 12.3. The topological polar surface area (TPSA) is 54.7 Å². The number of H-pyrrole nitrogens is 1. The molecule has 1 atom stereocenters. The van der Waals surface area contributed by atoms with Crippen LogP contribution in [0.5, 0.6) is 0 Å². The highest BCUT2D eigenvalue weighted by atomic mass is 79.9. The minimum absolute atomic E-state index is 0.0462. The Morgan fingerprint density at radius 2 is 1.76 bits per heavy atom. The first-order valence-electron chi connectivity index (χ1n) is 6.83. The molecule has 0 bridgehead atoms. The van der Waals surface area contributed by atoms with Crippen LogP contribution >= 0.6 is 15.9 Å². The van der Waals surface area contributed by atoms with Crippen molar-refractivity contribution < 1.29 is 0 Å². The number of halogens is 1. The van der Waals surface area contributed by atoms with Crippen molar-refractivity contribution in [2.24, 2.45) is 5.73 Å². The maximum atomic E-state index is 6.23. The van der Waals surface area contributed by atoms with Gasteiger partial charge in [0.1, 0.15) is 5.82 Å². The summed E-state index contributed by atoms with van der Waals surface area (Å²) in [4.78, 5) is 7.78. The number of benzene rings is 2. The van der Waals surface area contributed by atoms with E-state index in [2.05, 4.69) is 38.0 Å². The molecule has 3 nitrogen and oxygen atoms in total. The lowest BCUT2D eigenvalue weighted by Crippen LogP contribution is -2.13. The summed E-state index contributed by atoms with van der Waals surface area (Å²) in [6.07, 6.45) is 2.55. The largest absolute Gasteiger partial charge is 0.342 e. The second-order valence-corrected chi connectivity index (χ2v) is 5.89. The summed E-state index contributed by atoms with van der Waals surface area (Å²) >= 11 is 3.44. The highest BCUT2D eigenvalue weighted by Gasteiger charge is 2.10. The summed E-state index contributed by atoms with van der Waals surface area (Å²) in [5, 5.41) is 0. The summed E-state index contributed by atoms with van der Waals surface area (Å²) in [6, 6.07) is 18.2. The number of aromatic nitrogens is 2. The van der Waals surface area contributed by atoms with Crippen LogP contribution in [0.15, 0.2) is 65.3 Å². The van der Waals surface area contributed by atoms with Crippen LogP contribution in [0.4, 0.5) is 0 Å². The summed E-state index contributed by atoms with van der Waals surface area (Å²) in [5.41, 5.74) is 9.48. The van der Waals surface area contributed by atoms with Gasteiger partial charge in [0.15, 0.2) is 0 Å². The molecular formula is C17H16BrN3. The molecule has 0 aliphatic rings. The molecule has 0 amide bonds. The third-order valence-electron chi connectivity index (χ3n) is 3.42. The lowest BCUT2D eigenvalue weighted by molar-refractivity contribution is 0.695. The lowest BCUT2D eigenvalue weighted by atomic mass is 10.0. The summed E-state index contributed by atoms with van der Waals surface area (Å²) < 4.78 is 1.07. The number of aromatic amines is 1. The van der Waals surface area contributed by atoms with Gasteiger partial charge in [-0.15, -0.1) is 0 Å². The van der Waals surface area contributed by atoms with Gasteiger partial charge < -0.3 is 10.7 Å². The number of nitrogens with zero attached hydrogens (tertiary/aromatic N) is 1. The van der Waals surface area contributed by atoms with Crippen molar-refractivity contribution in [3.8, 4) is 11.3 Å². The third kappa shape index (κ3) is 3.40. The minimum Gasteiger partial charge on any atom is -0.342 e. The monoisotopic (exact) mass is 341 g/mol. The highest BCUT2D eigenvalue weighted by molar-refractivity contribution is 9.10. The van der Waals surface area contributed by atoms with Gasteiger partial charge in [-0.05, 0) is 23.3 Å². The van der Waals surface area contributed by atoms with Crippen LogP contribution in [0.25, 0.3) is 11.3 Å². The van der Waals surface area contributed by atoms with Gasteiger partial charge >= 0.3 is 0 Å². The van der Waals surface area contributed by atoms with Crippen molar-refractivity contribution in [2.45, 2.75) is 12.5 Å². The van der Waals surface area contributed by atoms with Gasteiger partial charge in [-0.3, -0.25) is 0 Å². The van der Waals surface area contributed by atoms with Crippen LogP contribution in [-0.2, 0) is 6.42 Å². The van der Waals surface area contributed by atoms with Gasteiger partial charge in [-0.25, -0.2) is 4.98 Å². The maximum absolute atomic E-state index is 6.23. The van der Waals surface area contributed by atoms with Crippen molar-refractivity contribution in [2.75, 3.05) is 0 Å². The highest BCUT2D eigenvalue weighted by Crippen LogP contribution is 2.21. The van der Waals surface area contributed by atoms with Crippen LogP contribution in [0, 0.1) is 0 Å². The van der Waals surface area contributed by atoms with E-state index in [1.54, 1.807) is 0 Å². The molecule has 2 aromatic carbocycles. The van der Waals surface area contributed by atoms with Crippen molar-refractivity contribution in [1.82, 2.24) is 9.97 Å². The zero-order valence-corrected chi connectivity index (χ0v) is 13.0. The Hall–Kier alpha value is -1.91. The summed E-state index contributed by atoms with van der Waals surface area (Å²) in [6.45, 7) is 0. The second-order valence-electron chi connectivity index (χ2n) is 4.97. The molecule has 1 aromatic heterocycles. The Balaban J connectivity index is 1.75. The number of rotatable bonds is 4. The Morgan fingerprint density at radius 3 is 2.48 bits per heavy atom. The molecule has 3 rings (SSSR count). The van der Waals surface area contributed by atoms with Crippen molar-refractivity contribution >= 4 is 15.9 Å². The number of nitrogens with two attached hydrogens (primary N) is 1. The van der Waals surface area contributed by atoms with E-state index in [-0.39, 0.29) is 6.04 Å². The molecule has 0 aliphatic carbocycles. The second kappa shape index (κ2) is 6.24. The average molecular weight is 342 g/mol. The molecule has 1 heterocycles. The molecule has 3 N–H and O–H groups in total. The minimum atomic E-state index is -0.0462. The molecule has 0 saturated heterocycles. The van der Waals surface area contributed by atoms with E-state index in [0.717, 1.165) is 27.1 Å². The van der Waals surface area contributed by atoms with Gasteiger partial charge in [-0.2, -0.15) is 0 Å². The molecule has 0 spiro atoms. The molecule has 0 saturated carbocycles. The Bertz CT molecular complexity index is 704. The van der Waals surface area contributed by atoms with Crippen LogP contribution < -0.4 is 5.73 Å². The SMILES string of the molecule is NC(Cc1ncc(-c2ccc(Br)cc2)[nH]1)c1ccccc1. The fourth-order valence-electron chi connectivity index (χ4n) is 2.27. The van der Waals surface area contributed by atoms with Crippen molar-refractivity contribution in [3.05, 3.63) is 76.7 Å². The lowest BCUT2D eigenvalue weighted by Gasteiger charge is -2.09. The van der Waals surface area contributed by atoms with Crippen molar-refractivity contribution in [1.29, 1.82) is 0 Å². The van der Waals surface area contributed by atoms with Crippen LogP contribution in [0.1, 0.15) is 17.4 Å². The molecule has 4 heteroatoms. The molecular weight excluding hydrogens is 326 g/mol. The molecule has 0 aliphatic heterocycles. The first-order valence-corrected chi connectivity index (χ1v) is 7.62. The Labute approximate surface area is 132 Å². The smallest absolute Gasteiger partial charge is 0.108 e. The number of hydrogen-bond acceptors (Lipinski definition) is 2. The fourth-order valence-corrected chi connectivity index (χ4v) is 2.53. The Kier molecular flexibility index (Phi) is 4.18. The maximum Gasteiger partial charge on any atom is 0.108 e. The van der Waals surface area contributed by atoms with E-state index < -0.39 is 0 Å². The molecule has 3 aromatic rings. The molecule has 0 radical (unpaired) electrons. The zero-order valence-electron chi connectivity index (χ0n) is 11.5. The number of nitrogens with one attached hydrogen (secondary N) is 1. The molecule has 0 fully saturated rings. The molecule has 1 unspecified atom stereocenters. The summed E-state index contributed by atoms with van der Waals surface area (Å²) in [5.74, 6) is 0.907. The fraction of sp³-hybridized carbons (Fsp3) is 0.118. The zero-order chi connectivity index (χ0) is 14.7. The molecule has 21 heavy (non-hydrogen) atoms. The number of imidazole rings is 1.